The fourth-order valence-corrected chi connectivity index (χ4v) is 2.74. The van der Waals surface area contributed by atoms with Crippen LogP contribution in [0.4, 0.5) is 0 Å². The van der Waals surface area contributed by atoms with Gasteiger partial charge in [0.05, 0.1) is 12.6 Å². The van der Waals surface area contributed by atoms with Crippen LogP contribution >= 0.6 is 0 Å². The summed E-state index contributed by atoms with van der Waals surface area (Å²) in [5, 5.41) is 6.90. The van der Waals surface area contributed by atoms with Crippen LogP contribution in [0.5, 0.6) is 0 Å². The topological polar surface area (TPSA) is 45.7 Å². The molecule has 2 aliphatic rings. The van der Waals surface area contributed by atoms with E-state index in [0.29, 0.717) is 12.1 Å². The lowest BCUT2D eigenvalue weighted by atomic mass is 9.96. The molecule has 0 amide bonds. The first kappa shape index (κ1) is 13.7. The second-order valence-electron chi connectivity index (χ2n) is 5.33. The highest BCUT2D eigenvalue weighted by Gasteiger charge is 2.17. The molecule has 18 heavy (non-hydrogen) atoms. The maximum absolute atomic E-state index is 5.61. The highest BCUT2D eigenvalue weighted by atomic mass is 16.5. The molecular weight excluding hydrogens is 226 g/mol. The molecular formula is C14H27N3O. The van der Waals surface area contributed by atoms with Gasteiger partial charge >= 0.3 is 0 Å². The van der Waals surface area contributed by atoms with Crippen molar-refractivity contribution in [1.29, 1.82) is 0 Å². The number of nitrogens with one attached hydrogen (secondary N) is 2. The maximum Gasteiger partial charge on any atom is 0.191 e. The minimum atomic E-state index is 0.340. The van der Waals surface area contributed by atoms with E-state index in [4.69, 9.17) is 4.74 Å². The van der Waals surface area contributed by atoms with Crippen LogP contribution in [0.2, 0.25) is 0 Å². The monoisotopic (exact) mass is 253 g/mol. The van der Waals surface area contributed by atoms with Crippen LogP contribution in [0.1, 0.15) is 51.9 Å². The van der Waals surface area contributed by atoms with Gasteiger partial charge in [0.1, 0.15) is 0 Å². The zero-order valence-electron chi connectivity index (χ0n) is 11.6. The lowest BCUT2D eigenvalue weighted by Gasteiger charge is -2.25. The first-order valence-electron chi connectivity index (χ1n) is 7.55. The predicted octanol–water partition coefficient (Wildman–Crippen LogP) is 2.05. The lowest BCUT2D eigenvalue weighted by molar-refractivity contribution is 0.117. The summed E-state index contributed by atoms with van der Waals surface area (Å²) in [7, 11) is 0. The third-order valence-corrected chi connectivity index (χ3v) is 3.77. The van der Waals surface area contributed by atoms with Gasteiger partial charge < -0.3 is 15.4 Å². The van der Waals surface area contributed by atoms with Gasteiger partial charge in [0.25, 0.3) is 0 Å². The molecule has 0 aromatic heterocycles. The molecule has 2 fully saturated rings. The highest BCUT2D eigenvalue weighted by Crippen LogP contribution is 2.17. The quantitative estimate of drug-likeness (QED) is 0.595. The van der Waals surface area contributed by atoms with Crippen molar-refractivity contribution in [2.45, 2.75) is 64.0 Å². The molecule has 0 aromatic rings. The summed E-state index contributed by atoms with van der Waals surface area (Å²) in [4.78, 5) is 4.66. The Kier molecular flexibility index (Phi) is 5.78. The lowest BCUT2D eigenvalue weighted by Crippen LogP contribution is -2.44. The molecule has 4 heteroatoms. The number of hydrogen-bond acceptors (Lipinski definition) is 2. The maximum atomic E-state index is 5.61. The smallest absolute Gasteiger partial charge is 0.191 e. The standard InChI is InChI=1S/C14H27N3O/c1-2-15-14(16-11-13-9-6-10-18-13)17-12-7-4-3-5-8-12/h12-13H,2-11H2,1H3,(H2,15,16,17). The Labute approximate surface area is 111 Å². The van der Waals surface area contributed by atoms with Gasteiger partial charge in [-0.15, -0.1) is 0 Å². The highest BCUT2D eigenvalue weighted by molar-refractivity contribution is 5.80. The molecule has 4 nitrogen and oxygen atoms in total. The molecule has 1 saturated carbocycles. The van der Waals surface area contributed by atoms with E-state index < -0.39 is 0 Å². The minimum absolute atomic E-state index is 0.340. The van der Waals surface area contributed by atoms with Crippen molar-refractivity contribution in [1.82, 2.24) is 10.6 Å². The molecule has 2 N–H and O–H groups in total. The normalized spacial score (nSPS) is 26.3. The van der Waals surface area contributed by atoms with Crippen LogP contribution in [0.3, 0.4) is 0 Å². The van der Waals surface area contributed by atoms with E-state index in [1.54, 1.807) is 0 Å². The Morgan fingerprint density at radius 2 is 2.00 bits per heavy atom. The van der Waals surface area contributed by atoms with Gasteiger partial charge in [0.2, 0.25) is 0 Å². The van der Waals surface area contributed by atoms with Gasteiger partial charge in [0, 0.05) is 19.2 Å². The van der Waals surface area contributed by atoms with Gasteiger partial charge in [-0.2, -0.15) is 0 Å². The van der Waals surface area contributed by atoms with Crippen molar-refractivity contribution >= 4 is 5.96 Å². The molecule has 0 spiro atoms. The zero-order chi connectivity index (χ0) is 12.6. The molecule has 2 rings (SSSR count). The number of hydrogen-bond donors (Lipinski definition) is 2. The second kappa shape index (κ2) is 7.62. The van der Waals surface area contributed by atoms with Crippen LogP contribution in [-0.2, 0) is 4.74 Å². The molecule has 1 atom stereocenters. The second-order valence-corrected chi connectivity index (χ2v) is 5.33. The summed E-state index contributed by atoms with van der Waals surface area (Å²) in [6.07, 6.45) is 9.34. The molecule has 0 bridgehead atoms. The summed E-state index contributed by atoms with van der Waals surface area (Å²) in [6.45, 7) is 4.74. The predicted molar refractivity (Wildman–Crippen MR) is 75.0 cm³/mol. The fourth-order valence-electron chi connectivity index (χ4n) is 2.74. The summed E-state index contributed by atoms with van der Waals surface area (Å²) in [6, 6.07) is 0.612. The van der Waals surface area contributed by atoms with E-state index in [1.807, 2.05) is 0 Å². The van der Waals surface area contributed by atoms with Crippen LogP contribution < -0.4 is 10.6 Å². The van der Waals surface area contributed by atoms with Gasteiger partial charge in [-0.05, 0) is 32.6 Å². The Balaban J connectivity index is 1.79. The summed E-state index contributed by atoms with van der Waals surface area (Å²) in [5.74, 6) is 0.972. The van der Waals surface area contributed by atoms with E-state index >= 15 is 0 Å². The van der Waals surface area contributed by atoms with Crippen LogP contribution in [-0.4, -0.2) is 37.8 Å². The summed E-state index contributed by atoms with van der Waals surface area (Å²) >= 11 is 0. The van der Waals surface area contributed by atoms with Crippen LogP contribution in [0, 0.1) is 0 Å². The molecule has 1 heterocycles. The van der Waals surface area contributed by atoms with E-state index in [2.05, 4.69) is 22.5 Å². The summed E-state index contributed by atoms with van der Waals surface area (Å²) < 4.78 is 5.61. The average molecular weight is 253 g/mol. The SMILES string of the molecule is CCNC(=NCC1CCCO1)NC1CCCCC1. The van der Waals surface area contributed by atoms with E-state index in [9.17, 15) is 0 Å². The Bertz CT molecular complexity index is 256. The van der Waals surface area contributed by atoms with Crippen molar-refractivity contribution in [2.75, 3.05) is 19.7 Å². The largest absolute Gasteiger partial charge is 0.376 e. The van der Waals surface area contributed by atoms with Crippen LogP contribution in [0.15, 0.2) is 4.99 Å². The molecule has 1 unspecified atom stereocenters. The molecule has 1 saturated heterocycles. The fraction of sp³-hybridized carbons (Fsp3) is 0.929. The van der Waals surface area contributed by atoms with Gasteiger partial charge in [-0.1, -0.05) is 19.3 Å². The van der Waals surface area contributed by atoms with E-state index in [1.165, 1.54) is 38.5 Å². The van der Waals surface area contributed by atoms with Gasteiger partial charge in [-0.3, -0.25) is 4.99 Å². The van der Waals surface area contributed by atoms with Crippen molar-refractivity contribution in [3.8, 4) is 0 Å². The first-order valence-corrected chi connectivity index (χ1v) is 7.55. The number of aliphatic imine (C=N–C) groups is 1. The minimum Gasteiger partial charge on any atom is -0.376 e. The van der Waals surface area contributed by atoms with Gasteiger partial charge in [-0.25, -0.2) is 0 Å². The molecule has 1 aliphatic heterocycles. The number of nitrogens with zero attached hydrogens (tertiary/aromatic N) is 1. The molecule has 104 valence electrons. The number of ether oxygens (including phenoxy) is 1. The molecule has 0 radical (unpaired) electrons. The van der Waals surface area contributed by atoms with E-state index in [-0.39, 0.29) is 0 Å². The molecule has 0 aromatic carbocycles. The van der Waals surface area contributed by atoms with Crippen molar-refractivity contribution in [3.05, 3.63) is 0 Å². The Hall–Kier alpha value is -0.770. The van der Waals surface area contributed by atoms with Crippen molar-refractivity contribution in [2.24, 2.45) is 4.99 Å². The first-order chi connectivity index (χ1) is 8.88. The number of guanidine groups is 1. The Morgan fingerprint density at radius 1 is 1.17 bits per heavy atom. The Morgan fingerprint density at radius 3 is 2.67 bits per heavy atom. The van der Waals surface area contributed by atoms with Crippen molar-refractivity contribution < 1.29 is 4.74 Å². The molecule has 1 aliphatic carbocycles. The van der Waals surface area contributed by atoms with Gasteiger partial charge in [0.15, 0.2) is 5.96 Å². The average Bonchev–Trinajstić information content (AvgIpc) is 2.91. The van der Waals surface area contributed by atoms with E-state index in [0.717, 1.165) is 32.1 Å². The van der Waals surface area contributed by atoms with Crippen LogP contribution in [0.25, 0.3) is 0 Å². The summed E-state index contributed by atoms with van der Waals surface area (Å²) in [5.41, 5.74) is 0. The third-order valence-electron chi connectivity index (χ3n) is 3.77. The third kappa shape index (κ3) is 4.48. The number of rotatable bonds is 4. The zero-order valence-corrected chi connectivity index (χ0v) is 11.6. The van der Waals surface area contributed by atoms with Crippen molar-refractivity contribution in [3.63, 3.8) is 0 Å².